The first-order chi connectivity index (χ1) is 16.9. The van der Waals surface area contributed by atoms with Gasteiger partial charge in [-0.25, -0.2) is 9.37 Å². The summed E-state index contributed by atoms with van der Waals surface area (Å²) in [6.07, 6.45) is -0.584. The van der Waals surface area contributed by atoms with E-state index in [1.165, 1.54) is 4.90 Å². The molecule has 194 valence electrons. The number of likely N-dealkylation sites (tertiary alicyclic amines) is 1. The number of nitrogens with one attached hydrogen (secondary N) is 2. The van der Waals surface area contributed by atoms with Gasteiger partial charge < -0.3 is 20.6 Å². The number of carbonyl (C=O) groups excluding carboxylic acids is 3. The van der Waals surface area contributed by atoms with Gasteiger partial charge in [0.05, 0.1) is 22.2 Å². The standard InChI is InChI=1S/C25H31FN4O4S2/c1-14-19(36-13-28-14)16-6-4-15(5-7-16)11-27-21(32)18-10-17(31)12-30(18)22(33)20(24(2,3)35)29-23(34)25(26)8-9-25/h4-7,13,17-18,20,31,35H,8-12H2,1-3H3,(H,27,32)(H,29,34). The second-order valence-corrected chi connectivity index (χ2v) is 12.1. The largest absolute Gasteiger partial charge is 0.391 e. The van der Waals surface area contributed by atoms with Crippen LogP contribution in [-0.4, -0.2) is 67.9 Å². The van der Waals surface area contributed by atoms with Crippen molar-refractivity contribution in [1.82, 2.24) is 20.5 Å². The van der Waals surface area contributed by atoms with E-state index in [1.807, 2.05) is 31.2 Å². The number of amides is 3. The van der Waals surface area contributed by atoms with E-state index in [0.717, 1.165) is 21.7 Å². The van der Waals surface area contributed by atoms with Gasteiger partial charge >= 0.3 is 0 Å². The summed E-state index contributed by atoms with van der Waals surface area (Å²) >= 11 is 6.02. The minimum absolute atomic E-state index is 0.0587. The van der Waals surface area contributed by atoms with Crippen LogP contribution in [-0.2, 0) is 20.9 Å². The van der Waals surface area contributed by atoms with Crippen molar-refractivity contribution in [3.8, 4) is 10.4 Å². The van der Waals surface area contributed by atoms with E-state index in [4.69, 9.17) is 0 Å². The van der Waals surface area contributed by atoms with Crippen LogP contribution < -0.4 is 10.6 Å². The van der Waals surface area contributed by atoms with Gasteiger partial charge in [-0.15, -0.1) is 11.3 Å². The molecule has 4 rings (SSSR count). The topological polar surface area (TPSA) is 112 Å². The first kappa shape index (κ1) is 26.6. The lowest BCUT2D eigenvalue weighted by Gasteiger charge is -2.35. The number of benzene rings is 1. The van der Waals surface area contributed by atoms with E-state index in [2.05, 4.69) is 28.2 Å². The molecule has 2 aromatic rings. The fraction of sp³-hybridized carbons (Fsp3) is 0.520. The minimum Gasteiger partial charge on any atom is -0.391 e. The number of nitrogens with zero attached hydrogens (tertiary/aromatic N) is 2. The molecule has 2 aliphatic rings. The molecule has 2 heterocycles. The number of hydrogen-bond acceptors (Lipinski definition) is 7. The summed E-state index contributed by atoms with van der Waals surface area (Å²) in [4.78, 5) is 45.4. The van der Waals surface area contributed by atoms with Crippen LogP contribution in [0, 0.1) is 6.92 Å². The molecule has 0 spiro atoms. The highest BCUT2D eigenvalue weighted by Gasteiger charge is 2.53. The summed E-state index contributed by atoms with van der Waals surface area (Å²) in [5, 5.41) is 15.6. The fourth-order valence-corrected chi connectivity index (χ4v) is 5.26. The van der Waals surface area contributed by atoms with Gasteiger partial charge in [0.2, 0.25) is 11.8 Å². The Labute approximate surface area is 219 Å². The average molecular weight is 535 g/mol. The molecule has 11 heteroatoms. The van der Waals surface area contributed by atoms with E-state index in [1.54, 1.807) is 30.7 Å². The van der Waals surface area contributed by atoms with Crippen molar-refractivity contribution in [3.63, 3.8) is 0 Å². The van der Waals surface area contributed by atoms with Gasteiger partial charge in [-0.05, 0) is 44.7 Å². The Morgan fingerprint density at radius 1 is 1.31 bits per heavy atom. The number of carbonyl (C=O) groups is 3. The fourth-order valence-electron chi connectivity index (χ4n) is 4.27. The van der Waals surface area contributed by atoms with Gasteiger partial charge in [-0.1, -0.05) is 24.3 Å². The smallest absolute Gasteiger partial charge is 0.258 e. The quantitative estimate of drug-likeness (QED) is 0.389. The summed E-state index contributed by atoms with van der Waals surface area (Å²) in [6, 6.07) is 5.70. The summed E-state index contributed by atoms with van der Waals surface area (Å²) in [7, 11) is 0. The van der Waals surface area contributed by atoms with E-state index in [0.29, 0.717) is 0 Å². The predicted octanol–water partition coefficient (Wildman–Crippen LogP) is 2.39. The number of thiazole rings is 1. The third-order valence-electron chi connectivity index (χ3n) is 6.62. The number of rotatable bonds is 8. The number of thiol groups is 1. The molecule has 3 amide bonds. The zero-order valence-corrected chi connectivity index (χ0v) is 22.2. The number of aryl methyl sites for hydroxylation is 1. The second kappa shape index (κ2) is 10.1. The van der Waals surface area contributed by atoms with Crippen LogP contribution in [0.25, 0.3) is 10.4 Å². The van der Waals surface area contributed by atoms with Crippen molar-refractivity contribution >= 4 is 41.7 Å². The van der Waals surface area contributed by atoms with Gasteiger partial charge in [0, 0.05) is 24.3 Å². The second-order valence-electron chi connectivity index (χ2n) is 10.1. The molecule has 0 bridgehead atoms. The number of aliphatic hydroxyl groups excluding tert-OH is 1. The zero-order chi connectivity index (χ0) is 26.3. The van der Waals surface area contributed by atoms with Crippen molar-refractivity contribution in [3.05, 3.63) is 41.0 Å². The highest BCUT2D eigenvalue weighted by molar-refractivity contribution is 7.81. The number of aliphatic hydroxyl groups is 1. The van der Waals surface area contributed by atoms with Crippen LogP contribution in [0.1, 0.15) is 44.4 Å². The van der Waals surface area contributed by atoms with Crippen molar-refractivity contribution in [2.75, 3.05) is 6.54 Å². The summed E-state index contributed by atoms with van der Waals surface area (Å²) in [5.41, 5.74) is 2.74. The SMILES string of the molecule is Cc1ncsc1-c1ccc(CNC(=O)C2CC(O)CN2C(=O)C(NC(=O)C2(F)CC2)C(C)(C)S)cc1. The van der Waals surface area contributed by atoms with Crippen LogP contribution in [0.2, 0.25) is 0 Å². The highest BCUT2D eigenvalue weighted by Crippen LogP contribution is 2.40. The van der Waals surface area contributed by atoms with Crippen LogP contribution in [0.5, 0.6) is 0 Å². The van der Waals surface area contributed by atoms with E-state index < -0.39 is 46.3 Å². The van der Waals surface area contributed by atoms with E-state index >= 15 is 0 Å². The molecular formula is C25H31FN4O4S2. The van der Waals surface area contributed by atoms with Gasteiger partial charge in [-0.2, -0.15) is 12.6 Å². The maximum atomic E-state index is 14.3. The van der Waals surface area contributed by atoms with Crippen molar-refractivity contribution in [2.24, 2.45) is 0 Å². The zero-order valence-electron chi connectivity index (χ0n) is 20.5. The maximum Gasteiger partial charge on any atom is 0.258 e. The first-order valence-electron chi connectivity index (χ1n) is 11.9. The molecule has 1 aromatic heterocycles. The molecule has 3 unspecified atom stereocenters. The average Bonchev–Trinajstić information content (AvgIpc) is 3.23. The molecule has 1 aliphatic heterocycles. The Morgan fingerprint density at radius 3 is 2.53 bits per heavy atom. The normalized spacial score (nSPS) is 21.7. The third-order valence-corrected chi connectivity index (χ3v) is 7.85. The van der Waals surface area contributed by atoms with Gasteiger partial charge in [0.25, 0.3) is 5.91 Å². The van der Waals surface area contributed by atoms with Crippen LogP contribution in [0.15, 0.2) is 29.8 Å². The molecule has 0 radical (unpaired) electrons. The van der Waals surface area contributed by atoms with E-state index in [-0.39, 0.29) is 32.4 Å². The number of alkyl halides is 1. The minimum atomic E-state index is -1.95. The maximum absolute atomic E-state index is 14.3. The molecule has 1 saturated carbocycles. The molecule has 1 aromatic carbocycles. The number of halogens is 1. The van der Waals surface area contributed by atoms with E-state index in [9.17, 15) is 23.9 Å². The van der Waals surface area contributed by atoms with Crippen molar-refractivity contribution in [2.45, 2.75) is 75.2 Å². The number of β-amino-alcohol motifs (C(OH)–C–C–N with tert-alkyl or cyclic N) is 1. The Balaban J connectivity index is 1.42. The summed E-state index contributed by atoms with van der Waals surface area (Å²) in [5.74, 6) is -1.83. The highest BCUT2D eigenvalue weighted by atomic mass is 32.1. The predicted molar refractivity (Wildman–Crippen MR) is 138 cm³/mol. The molecule has 1 aliphatic carbocycles. The lowest BCUT2D eigenvalue weighted by atomic mass is 10.0. The lowest BCUT2D eigenvalue weighted by Crippen LogP contribution is -2.60. The molecule has 36 heavy (non-hydrogen) atoms. The Morgan fingerprint density at radius 2 is 1.97 bits per heavy atom. The molecule has 3 N–H and O–H groups in total. The molecule has 1 saturated heterocycles. The lowest BCUT2D eigenvalue weighted by molar-refractivity contribution is -0.143. The summed E-state index contributed by atoms with van der Waals surface area (Å²) < 4.78 is 13.2. The molecule has 3 atom stereocenters. The van der Waals surface area contributed by atoms with Crippen LogP contribution in [0.3, 0.4) is 0 Å². The Bertz CT molecular complexity index is 1140. The Kier molecular flexibility index (Phi) is 7.45. The van der Waals surface area contributed by atoms with Crippen LogP contribution in [0.4, 0.5) is 4.39 Å². The first-order valence-corrected chi connectivity index (χ1v) is 13.2. The van der Waals surface area contributed by atoms with Crippen molar-refractivity contribution < 1.29 is 23.9 Å². The number of aromatic nitrogens is 1. The molecule has 2 fully saturated rings. The summed E-state index contributed by atoms with van der Waals surface area (Å²) in [6.45, 7) is 5.41. The van der Waals surface area contributed by atoms with Gasteiger partial charge in [-0.3, -0.25) is 14.4 Å². The van der Waals surface area contributed by atoms with Gasteiger partial charge in [0.15, 0.2) is 5.67 Å². The van der Waals surface area contributed by atoms with Gasteiger partial charge in [0.1, 0.15) is 12.1 Å². The Hall–Kier alpha value is -2.50. The molecule has 8 nitrogen and oxygen atoms in total. The third kappa shape index (κ3) is 5.73. The van der Waals surface area contributed by atoms with Crippen LogP contribution >= 0.6 is 24.0 Å². The molecular weight excluding hydrogens is 503 g/mol. The number of hydrogen-bond donors (Lipinski definition) is 4. The van der Waals surface area contributed by atoms with Crippen molar-refractivity contribution in [1.29, 1.82) is 0 Å². The monoisotopic (exact) mass is 534 g/mol.